The third-order valence-electron chi connectivity index (χ3n) is 7.14. The number of ether oxygens (including phenoxy) is 1. The van der Waals surface area contributed by atoms with Gasteiger partial charge < -0.3 is 15.0 Å². The van der Waals surface area contributed by atoms with Crippen LogP contribution in [0.3, 0.4) is 0 Å². The van der Waals surface area contributed by atoms with Crippen molar-refractivity contribution < 1.29 is 4.74 Å². The third-order valence-corrected chi connectivity index (χ3v) is 7.14. The van der Waals surface area contributed by atoms with Crippen LogP contribution in [0.5, 0.6) is 5.75 Å². The maximum atomic E-state index is 12.6. The highest BCUT2D eigenvalue weighted by Gasteiger charge is 2.44. The second-order valence-electron chi connectivity index (χ2n) is 9.21. The van der Waals surface area contributed by atoms with Gasteiger partial charge in [-0.25, -0.2) is 15.1 Å². The molecule has 2 aromatic heterocycles. The van der Waals surface area contributed by atoms with Crippen LogP contribution < -0.4 is 20.5 Å². The van der Waals surface area contributed by atoms with Gasteiger partial charge >= 0.3 is 0 Å². The zero-order valence-corrected chi connectivity index (χ0v) is 19.0. The molecule has 2 fully saturated rings. The lowest BCUT2D eigenvalue weighted by Crippen LogP contribution is -2.34. The summed E-state index contributed by atoms with van der Waals surface area (Å²) in [6.45, 7) is 2.24. The van der Waals surface area contributed by atoms with Crippen LogP contribution in [0.1, 0.15) is 25.7 Å². The summed E-state index contributed by atoms with van der Waals surface area (Å²) in [6.07, 6.45) is 6.93. The predicted molar refractivity (Wildman–Crippen MR) is 133 cm³/mol. The molecule has 2 N–H and O–H groups in total. The van der Waals surface area contributed by atoms with Crippen molar-refractivity contribution in [2.75, 3.05) is 30.4 Å². The van der Waals surface area contributed by atoms with Crippen LogP contribution in [0.2, 0.25) is 0 Å². The first-order valence-electron chi connectivity index (χ1n) is 11.7. The summed E-state index contributed by atoms with van der Waals surface area (Å²) in [5, 5.41) is 10.1. The molecule has 172 valence electrons. The van der Waals surface area contributed by atoms with E-state index >= 15 is 0 Å². The minimum Gasteiger partial charge on any atom is -0.496 e. The van der Waals surface area contributed by atoms with Crippen molar-refractivity contribution in [3.63, 3.8) is 0 Å². The molecule has 8 nitrogen and oxygen atoms in total. The molecule has 3 heterocycles. The van der Waals surface area contributed by atoms with Crippen molar-refractivity contribution in [2.45, 2.75) is 25.7 Å². The van der Waals surface area contributed by atoms with Crippen LogP contribution in [0.4, 0.5) is 17.2 Å². The fourth-order valence-corrected chi connectivity index (χ4v) is 4.85. The number of hydrogen-bond acceptors (Lipinski definition) is 7. The maximum absolute atomic E-state index is 12.6. The quantitative estimate of drug-likeness (QED) is 0.458. The fourth-order valence-electron chi connectivity index (χ4n) is 4.85. The van der Waals surface area contributed by atoms with Crippen molar-refractivity contribution in [3.8, 4) is 17.1 Å². The van der Waals surface area contributed by atoms with Crippen molar-refractivity contribution in [3.05, 3.63) is 65.1 Å². The Balaban J connectivity index is 1.33. The van der Waals surface area contributed by atoms with Gasteiger partial charge in [-0.05, 0) is 67.5 Å². The summed E-state index contributed by atoms with van der Waals surface area (Å²) in [5.41, 5.74) is 3.59. The highest BCUT2D eigenvalue weighted by atomic mass is 16.5. The van der Waals surface area contributed by atoms with E-state index in [9.17, 15) is 4.79 Å². The molecule has 2 aliphatic rings. The van der Waals surface area contributed by atoms with E-state index in [2.05, 4.69) is 37.5 Å². The van der Waals surface area contributed by atoms with E-state index < -0.39 is 0 Å². The molecular weight excluding hydrogens is 428 g/mol. The smallest absolute Gasteiger partial charge is 0.277 e. The lowest BCUT2D eigenvalue weighted by atomic mass is 9.93. The number of nitrogens with zero attached hydrogens (tertiary/aromatic N) is 4. The molecule has 0 atom stereocenters. The lowest BCUT2D eigenvalue weighted by molar-refractivity contribution is 0.384. The molecule has 34 heavy (non-hydrogen) atoms. The summed E-state index contributed by atoms with van der Waals surface area (Å²) in [6, 6.07) is 15.9. The first-order chi connectivity index (χ1) is 16.6. The van der Waals surface area contributed by atoms with Crippen molar-refractivity contribution in [2.24, 2.45) is 5.41 Å². The number of piperidine rings is 1. The minimum atomic E-state index is -0.342. The SMILES string of the molecule is COc1ccccc1-c1nc(Nc2ccc(N3CCC4(CC3)CC4)cc2)c2c(=O)[nH]ncc2n1. The summed E-state index contributed by atoms with van der Waals surface area (Å²) in [4.78, 5) is 24.4. The Morgan fingerprint density at radius 2 is 1.76 bits per heavy atom. The molecule has 2 aromatic carbocycles. The number of aromatic amines is 1. The molecule has 0 bridgehead atoms. The number of rotatable bonds is 5. The summed E-state index contributed by atoms with van der Waals surface area (Å²) in [5.74, 6) is 1.54. The van der Waals surface area contributed by atoms with Gasteiger partial charge in [0, 0.05) is 24.5 Å². The van der Waals surface area contributed by atoms with Gasteiger partial charge in [-0.3, -0.25) is 4.79 Å². The first-order valence-corrected chi connectivity index (χ1v) is 11.7. The van der Waals surface area contributed by atoms with E-state index in [1.54, 1.807) is 7.11 Å². The van der Waals surface area contributed by atoms with Crippen LogP contribution in [-0.2, 0) is 0 Å². The molecule has 0 radical (unpaired) electrons. The van der Waals surface area contributed by atoms with Gasteiger partial charge in [-0.1, -0.05) is 12.1 Å². The number of hydrogen-bond donors (Lipinski definition) is 2. The number of methoxy groups -OCH3 is 1. The monoisotopic (exact) mass is 454 g/mol. The van der Waals surface area contributed by atoms with Gasteiger partial charge in [0.2, 0.25) is 0 Å². The first kappa shape index (κ1) is 20.7. The number of aromatic nitrogens is 4. The Hall–Kier alpha value is -3.94. The average molecular weight is 455 g/mol. The Morgan fingerprint density at radius 1 is 1.00 bits per heavy atom. The number of para-hydroxylation sites is 1. The van der Waals surface area contributed by atoms with Gasteiger partial charge in [0.05, 0.1) is 18.9 Å². The Kier molecular flexibility index (Phi) is 4.94. The van der Waals surface area contributed by atoms with Crippen molar-refractivity contribution >= 4 is 28.1 Å². The van der Waals surface area contributed by atoms with Gasteiger partial charge in [0.25, 0.3) is 5.56 Å². The summed E-state index contributed by atoms with van der Waals surface area (Å²) < 4.78 is 5.49. The van der Waals surface area contributed by atoms with Gasteiger partial charge in [-0.2, -0.15) is 5.10 Å². The third kappa shape index (κ3) is 3.75. The minimum absolute atomic E-state index is 0.342. The average Bonchev–Trinajstić information content (AvgIpc) is 3.63. The highest BCUT2D eigenvalue weighted by molar-refractivity contribution is 5.91. The standard InChI is InChI=1S/C26H26N6O2/c1-34-21-5-3-2-4-19(21)23-29-20-16-27-31-25(33)22(20)24(30-23)28-17-6-8-18(9-7-17)32-14-12-26(10-11-26)13-15-32/h2-9,16H,10-15H2,1H3,(H,31,33)(H,28,29,30). The Labute approximate surface area is 197 Å². The predicted octanol–water partition coefficient (Wildman–Crippen LogP) is 4.51. The van der Waals surface area contributed by atoms with Gasteiger partial charge in [-0.15, -0.1) is 0 Å². The molecule has 0 amide bonds. The molecule has 8 heteroatoms. The van der Waals surface area contributed by atoms with E-state index in [1.807, 2.05) is 36.4 Å². The van der Waals surface area contributed by atoms with E-state index in [-0.39, 0.29) is 5.56 Å². The summed E-state index contributed by atoms with van der Waals surface area (Å²) in [7, 11) is 1.61. The fraction of sp³-hybridized carbons (Fsp3) is 0.308. The molecule has 1 aliphatic heterocycles. The van der Waals surface area contributed by atoms with E-state index in [0.29, 0.717) is 33.7 Å². The number of H-pyrrole nitrogens is 1. The maximum Gasteiger partial charge on any atom is 0.277 e. The zero-order valence-electron chi connectivity index (χ0n) is 19.0. The molecule has 1 saturated heterocycles. The number of benzene rings is 2. The normalized spacial score (nSPS) is 16.6. The lowest BCUT2D eigenvalue weighted by Gasteiger charge is -2.33. The topological polar surface area (TPSA) is 96.0 Å². The number of anilines is 3. The van der Waals surface area contributed by atoms with Crippen LogP contribution in [-0.4, -0.2) is 40.4 Å². The Morgan fingerprint density at radius 3 is 2.50 bits per heavy atom. The highest BCUT2D eigenvalue weighted by Crippen LogP contribution is 2.53. The Bertz CT molecular complexity index is 1400. The second-order valence-corrected chi connectivity index (χ2v) is 9.21. The van der Waals surface area contributed by atoms with Crippen LogP contribution >= 0.6 is 0 Å². The van der Waals surface area contributed by atoms with E-state index in [1.165, 1.54) is 37.6 Å². The largest absolute Gasteiger partial charge is 0.496 e. The van der Waals surface area contributed by atoms with E-state index in [4.69, 9.17) is 9.72 Å². The van der Waals surface area contributed by atoms with E-state index in [0.717, 1.165) is 24.3 Å². The molecule has 1 aliphatic carbocycles. The zero-order chi connectivity index (χ0) is 23.1. The molecule has 1 spiro atoms. The molecule has 1 saturated carbocycles. The van der Waals surface area contributed by atoms with Crippen LogP contribution in [0.25, 0.3) is 22.3 Å². The van der Waals surface area contributed by atoms with Crippen LogP contribution in [0.15, 0.2) is 59.5 Å². The van der Waals surface area contributed by atoms with Gasteiger partial charge in [0.15, 0.2) is 5.82 Å². The van der Waals surface area contributed by atoms with Crippen molar-refractivity contribution in [1.82, 2.24) is 20.2 Å². The molecular formula is C26H26N6O2. The van der Waals surface area contributed by atoms with Gasteiger partial charge in [0.1, 0.15) is 22.5 Å². The number of fused-ring (bicyclic) bond motifs is 1. The molecule has 6 rings (SSSR count). The molecule has 0 unspecified atom stereocenters. The number of nitrogens with one attached hydrogen (secondary N) is 2. The second kappa shape index (κ2) is 8.13. The molecule has 4 aromatic rings. The van der Waals surface area contributed by atoms with Crippen molar-refractivity contribution in [1.29, 1.82) is 0 Å². The van der Waals surface area contributed by atoms with Crippen LogP contribution in [0, 0.1) is 5.41 Å². The summed E-state index contributed by atoms with van der Waals surface area (Å²) >= 11 is 0.